The first-order chi connectivity index (χ1) is 6.77. The van der Waals surface area contributed by atoms with E-state index in [0.717, 1.165) is 11.3 Å². The molecule has 0 bridgehead atoms. The highest BCUT2D eigenvalue weighted by Gasteiger charge is 1.99. The van der Waals surface area contributed by atoms with Gasteiger partial charge in [0.1, 0.15) is 0 Å². The highest BCUT2D eigenvalue weighted by molar-refractivity contribution is 5.56. The van der Waals surface area contributed by atoms with Gasteiger partial charge < -0.3 is 0 Å². The second-order valence-corrected chi connectivity index (χ2v) is 2.92. The molecule has 14 heavy (non-hydrogen) atoms. The molecular weight excluding hydrogens is 178 g/mol. The van der Waals surface area contributed by atoms with Crippen LogP contribution in [0.15, 0.2) is 41.5 Å². The van der Waals surface area contributed by atoms with Gasteiger partial charge in [-0.15, -0.1) is 0 Å². The van der Waals surface area contributed by atoms with Crippen molar-refractivity contribution < 1.29 is 0 Å². The largest absolute Gasteiger partial charge is 0.268 e. The Kier molecular flexibility index (Phi) is 2.10. The third-order valence-corrected chi connectivity index (χ3v) is 1.94. The topological polar surface area (TPSA) is 47.8 Å². The number of nitrogens with zero attached hydrogens (tertiary/aromatic N) is 3. The summed E-state index contributed by atoms with van der Waals surface area (Å²) in [5, 5.41) is 4.12. The number of aryl methyl sites for hydroxylation is 1. The van der Waals surface area contributed by atoms with Crippen molar-refractivity contribution in [2.45, 2.75) is 0 Å². The molecule has 0 saturated heterocycles. The van der Waals surface area contributed by atoms with Crippen molar-refractivity contribution in [3.8, 4) is 11.3 Å². The van der Waals surface area contributed by atoms with Crippen LogP contribution in [0.4, 0.5) is 0 Å². The summed E-state index contributed by atoms with van der Waals surface area (Å²) in [5.74, 6) is 0. The van der Waals surface area contributed by atoms with Gasteiger partial charge in [0.15, 0.2) is 0 Å². The minimum absolute atomic E-state index is 0.109. The van der Waals surface area contributed by atoms with Gasteiger partial charge in [0.25, 0.3) is 5.56 Å². The molecule has 0 amide bonds. The lowest BCUT2D eigenvalue weighted by molar-refractivity contribution is 0.712. The van der Waals surface area contributed by atoms with Crippen LogP contribution in [0.2, 0.25) is 0 Å². The van der Waals surface area contributed by atoms with Crippen LogP contribution in [0.1, 0.15) is 0 Å². The predicted molar refractivity (Wildman–Crippen MR) is 52.7 cm³/mol. The quantitative estimate of drug-likeness (QED) is 0.664. The van der Waals surface area contributed by atoms with Crippen molar-refractivity contribution >= 4 is 0 Å². The summed E-state index contributed by atoms with van der Waals surface area (Å²) < 4.78 is 1.32. The Morgan fingerprint density at radius 3 is 2.50 bits per heavy atom. The van der Waals surface area contributed by atoms with Gasteiger partial charge in [-0.25, -0.2) is 4.68 Å². The van der Waals surface area contributed by atoms with Crippen molar-refractivity contribution in [3.05, 3.63) is 47.0 Å². The normalized spacial score (nSPS) is 10.1. The Hall–Kier alpha value is -1.97. The Morgan fingerprint density at radius 1 is 1.14 bits per heavy atom. The third kappa shape index (κ3) is 1.54. The molecule has 2 aromatic rings. The van der Waals surface area contributed by atoms with Crippen LogP contribution in [-0.2, 0) is 7.05 Å². The second-order valence-electron chi connectivity index (χ2n) is 2.92. The highest BCUT2D eigenvalue weighted by atomic mass is 16.1. The molecule has 0 saturated carbocycles. The average molecular weight is 187 g/mol. The molecule has 0 fully saturated rings. The van der Waals surface area contributed by atoms with E-state index in [4.69, 9.17) is 0 Å². The molecule has 0 unspecified atom stereocenters. The van der Waals surface area contributed by atoms with E-state index in [9.17, 15) is 4.79 Å². The molecule has 0 aromatic carbocycles. The van der Waals surface area contributed by atoms with Gasteiger partial charge in [-0.05, 0) is 18.2 Å². The molecule has 2 heterocycles. The lowest BCUT2D eigenvalue weighted by Crippen LogP contribution is -2.18. The summed E-state index contributed by atoms with van der Waals surface area (Å²) in [4.78, 5) is 15.0. The number of hydrogen-bond donors (Lipinski definition) is 0. The lowest BCUT2D eigenvalue weighted by Gasteiger charge is -2.01. The van der Waals surface area contributed by atoms with Gasteiger partial charge in [0.2, 0.25) is 0 Å². The maximum atomic E-state index is 11.1. The SMILES string of the molecule is Cn1nc(-c2ccncc2)ccc1=O. The summed E-state index contributed by atoms with van der Waals surface area (Å²) in [6.07, 6.45) is 3.39. The standard InChI is InChI=1S/C10H9N3O/c1-13-10(14)3-2-9(12-13)8-4-6-11-7-5-8/h2-7H,1H3. The van der Waals surface area contributed by atoms with Crippen molar-refractivity contribution in [1.82, 2.24) is 14.8 Å². The number of hydrogen-bond acceptors (Lipinski definition) is 3. The van der Waals surface area contributed by atoms with Gasteiger partial charge >= 0.3 is 0 Å². The summed E-state index contributed by atoms with van der Waals surface area (Å²) in [6.45, 7) is 0. The molecule has 2 aromatic heterocycles. The Bertz CT molecular complexity index is 490. The van der Waals surface area contributed by atoms with Crippen molar-refractivity contribution in [3.63, 3.8) is 0 Å². The molecule has 0 aliphatic heterocycles. The van der Waals surface area contributed by atoms with E-state index in [1.165, 1.54) is 10.7 Å². The van der Waals surface area contributed by atoms with Gasteiger partial charge in [-0.2, -0.15) is 5.10 Å². The van der Waals surface area contributed by atoms with Gasteiger partial charge in [0, 0.05) is 31.1 Å². The number of rotatable bonds is 1. The molecule has 4 nitrogen and oxygen atoms in total. The molecular formula is C10H9N3O. The van der Waals surface area contributed by atoms with E-state index in [1.54, 1.807) is 25.5 Å². The number of aromatic nitrogens is 3. The molecule has 0 spiro atoms. The van der Waals surface area contributed by atoms with Crippen LogP contribution < -0.4 is 5.56 Å². The smallest absolute Gasteiger partial charge is 0.266 e. The average Bonchev–Trinajstić information content (AvgIpc) is 2.23. The molecule has 70 valence electrons. The Labute approximate surface area is 80.9 Å². The fourth-order valence-electron chi connectivity index (χ4n) is 1.18. The highest BCUT2D eigenvalue weighted by Crippen LogP contribution is 2.12. The van der Waals surface area contributed by atoms with Crippen molar-refractivity contribution in [1.29, 1.82) is 0 Å². The van der Waals surface area contributed by atoms with E-state index in [0.29, 0.717) is 0 Å². The van der Waals surface area contributed by atoms with E-state index in [1.807, 2.05) is 12.1 Å². The molecule has 2 rings (SSSR count). The van der Waals surface area contributed by atoms with Crippen molar-refractivity contribution in [2.24, 2.45) is 7.05 Å². The second kappa shape index (κ2) is 3.41. The molecule has 0 N–H and O–H groups in total. The summed E-state index contributed by atoms with van der Waals surface area (Å²) >= 11 is 0. The van der Waals surface area contributed by atoms with Gasteiger partial charge in [-0.1, -0.05) is 0 Å². The van der Waals surface area contributed by atoms with Crippen LogP contribution in [0, 0.1) is 0 Å². The first kappa shape index (κ1) is 8.62. The maximum Gasteiger partial charge on any atom is 0.266 e. The first-order valence-electron chi connectivity index (χ1n) is 4.22. The summed E-state index contributed by atoms with van der Waals surface area (Å²) in [7, 11) is 1.63. The number of pyridine rings is 1. The van der Waals surface area contributed by atoms with Gasteiger partial charge in [0.05, 0.1) is 5.69 Å². The van der Waals surface area contributed by atoms with E-state index in [2.05, 4.69) is 10.1 Å². The fraction of sp³-hybridized carbons (Fsp3) is 0.100. The fourth-order valence-corrected chi connectivity index (χ4v) is 1.18. The van der Waals surface area contributed by atoms with E-state index in [-0.39, 0.29) is 5.56 Å². The minimum Gasteiger partial charge on any atom is -0.268 e. The van der Waals surface area contributed by atoms with Crippen LogP contribution in [0.3, 0.4) is 0 Å². The van der Waals surface area contributed by atoms with Crippen molar-refractivity contribution in [2.75, 3.05) is 0 Å². The monoisotopic (exact) mass is 187 g/mol. The van der Waals surface area contributed by atoms with E-state index >= 15 is 0 Å². The van der Waals surface area contributed by atoms with E-state index < -0.39 is 0 Å². The van der Waals surface area contributed by atoms with Crippen LogP contribution in [-0.4, -0.2) is 14.8 Å². The predicted octanol–water partition coefficient (Wildman–Crippen LogP) is 0.842. The Morgan fingerprint density at radius 2 is 1.86 bits per heavy atom. The summed E-state index contributed by atoms with van der Waals surface area (Å²) in [6, 6.07) is 6.92. The zero-order chi connectivity index (χ0) is 9.97. The zero-order valence-electron chi connectivity index (χ0n) is 7.71. The first-order valence-corrected chi connectivity index (χ1v) is 4.22. The Balaban J connectivity index is 2.54. The summed E-state index contributed by atoms with van der Waals surface area (Å²) in [5.41, 5.74) is 1.62. The van der Waals surface area contributed by atoms with Crippen LogP contribution in [0.25, 0.3) is 11.3 Å². The minimum atomic E-state index is -0.109. The van der Waals surface area contributed by atoms with Crippen LogP contribution in [0.5, 0.6) is 0 Å². The molecule has 0 aliphatic rings. The zero-order valence-corrected chi connectivity index (χ0v) is 7.71. The lowest BCUT2D eigenvalue weighted by atomic mass is 10.2. The molecule has 4 heteroatoms. The molecule has 0 atom stereocenters. The maximum absolute atomic E-state index is 11.1. The van der Waals surface area contributed by atoms with Gasteiger partial charge in [-0.3, -0.25) is 9.78 Å². The van der Waals surface area contributed by atoms with Crippen LogP contribution >= 0.6 is 0 Å². The molecule has 0 radical (unpaired) electrons. The molecule has 0 aliphatic carbocycles. The third-order valence-electron chi connectivity index (χ3n) is 1.94.